The second kappa shape index (κ2) is 6.89. The summed E-state index contributed by atoms with van der Waals surface area (Å²) in [5.41, 5.74) is 1.31. The molecule has 0 bridgehead atoms. The van der Waals surface area contributed by atoms with Gasteiger partial charge in [-0.15, -0.1) is 0 Å². The summed E-state index contributed by atoms with van der Waals surface area (Å²) in [4.78, 5) is 29.6. The molecule has 0 aliphatic heterocycles. The van der Waals surface area contributed by atoms with Gasteiger partial charge in [0, 0.05) is 19.3 Å². The lowest BCUT2D eigenvalue weighted by Gasteiger charge is -2.20. The third-order valence-electron chi connectivity index (χ3n) is 3.39. The van der Waals surface area contributed by atoms with Crippen molar-refractivity contribution in [1.82, 2.24) is 14.5 Å². The second-order valence-corrected chi connectivity index (χ2v) is 5.09. The Hall–Kier alpha value is -2.63. The van der Waals surface area contributed by atoms with E-state index < -0.39 is 0 Å². The molecule has 0 N–H and O–H groups in total. The number of imidazole rings is 1. The summed E-state index contributed by atoms with van der Waals surface area (Å²) in [5.74, 6) is -0.916. The highest BCUT2D eigenvalue weighted by atomic mass is 16.5. The minimum atomic E-state index is -0.382. The number of hydrogen-bond donors (Lipinski definition) is 0. The molecule has 0 aliphatic carbocycles. The average molecular weight is 301 g/mol. The fraction of sp³-hybridized carbons (Fsp3) is 0.312. The summed E-state index contributed by atoms with van der Waals surface area (Å²) >= 11 is 0. The van der Waals surface area contributed by atoms with E-state index in [2.05, 4.69) is 9.72 Å². The maximum Gasteiger partial charge on any atom is 0.310 e. The quantitative estimate of drug-likeness (QED) is 0.789. The molecule has 1 atom stereocenters. The Bertz CT molecular complexity index is 652. The molecule has 6 nitrogen and oxygen atoms in total. The highest BCUT2D eigenvalue weighted by Crippen LogP contribution is 2.13. The van der Waals surface area contributed by atoms with Crippen LogP contribution in [0.2, 0.25) is 0 Å². The van der Waals surface area contributed by atoms with E-state index in [0.717, 1.165) is 5.69 Å². The number of methoxy groups -OCH3 is 1. The molecule has 116 valence electrons. The van der Waals surface area contributed by atoms with Crippen molar-refractivity contribution in [2.45, 2.75) is 6.92 Å². The first-order valence-corrected chi connectivity index (χ1v) is 6.95. The number of amides is 1. The molecular formula is C16H19N3O3. The van der Waals surface area contributed by atoms with Gasteiger partial charge in [0.1, 0.15) is 5.69 Å². The van der Waals surface area contributed by atoms with Crippen LogP contribution in [0.4, 0.5) is 0 Å². The molecular weight excluding hydrogens is 282 g/mol. The third-order valence-corrected chi connectivity index (χ3v) is 3.39. The molecule has 2 aromatic rings. The SMILES string of the molecule is COC(=O)C(C)CN(C)C(=O)c1cncn1-c1ccccc1. The molecule has 1 unspecified atom stereocenters. The number of esters is 1. The van der Waals surface area contributed by atoms with Crippen molar-refractivity contribution in [2.75, 3.05) is 20.7 Å². The lowest BCUT2D eigenvalue weighted by Crippen LogP contribution is -2.35. The van der Waals surface area contributed by atoms with E-state index in [4.69, 9.17) is 0 Å². The van der Waals surface area contributed by atoms with Gasteiger partial charge in [0.25, 0.3) is 5.91 Å². The smallest absolute Gasteiger partial charge is 0.310 e. The van der Waals surface area contributed by atoms with Crippen LogP contribution in [-0.2, 0) is 9.53 Å². The lowest BCUT2D eigenvalue weighted by atomic mass is 10.1. The number of carbonyl (C=O) groups excluding carboxylic acids is 2. The van der Waals surface area contributed by atoms with Crippen LogP contribution in [0.25, 0.3) is 5.69 Å². The van der Waals surface area contributed by atoms with Crippen LogP contribution in [0.3, 0.4) is 0 Å². The van der Waals surface area contributed by atoms with Crippen LogP contribution in [-0.4, -0.2) is 47.0 Å². The first kappa shape index (κ1) is 15.8. The summed E-state index contributed by atoms with van der Waals surface area (Å²) in [6.07, 6.45) is 3.12. The van der Waals surface area contributed by atoms with Crippen LogP contribution in [0.1, 0.15) is 17.4 Å². The molecule has 0 spiro atoms. The predicted octanol–water partition coefficient (Wildman–Crippen LogP) is 1.75. The number of rotatable bonds is 5. The van der Waals surface area contributed by atoms with E-state index in [1.807, 2.05) is 30.3 Å². The van der Waals surface area contributed by atoms with Crippen molar-refractivity contribution < 1.29 is 14.3 Å². The standard InChI is InChI=1S/C16H19N3O3/c1-12(16(21)22-3)10-18(2)15(20)14-9-17-11-19(14)13-7-5-4-6-8-13/h4-9,11-12H,10H2,1-3H3. The van der Waals surface area contributed by atoms with Gasteiger partial charge in [-0.05, 0) is 12.1 Å². The fourth-order valence-corrected chi connectivity index (χ4v) is 2.21. The van der Waals surface area contributed by atoms with Gasteiger partial charge in [0.15, 0.2) is 0 Å². The molecule has 0 radical (unpaired) electrons. The zero-order valence-electron chi connectivity index (χ0n) is 12.9. The van der Waals surface area contributed by atoms with E-state index in [-0.39, 0.29) is 24.3 Å². The molecule has 0 aliphatic rings. The topological polar surface area (TPSA) is 64.4 Å². The number of nitrogens with zero attached hydrogens (tertiary/aromatic N) is 3. The molecule has 0 fully saturated rings. The molecule has 1 aromatic carbocycles. The Morgan fingerprint density at radius 3 is 2.64 bits per heavy atom. The van der Waals surface area contributed by atoms with E-state index in [1.165, 1.54) is 18.2 Å². The van der Waals surface area contributed by atoms with Crippen molar-refractivity contribution in [2.24, 2.45) is 5.92 Å². The van der Waals surface area contributed by atoms with Crippen molar-refractivity contribution in [1.29, 1.82) is 0 Å². The largest absolute Gasteiger partial charge is 0.469 e. The number of carbonyl (C=O) groups is 2. The highest BCUT2D eigenvalue weighted by molar-refractivity contribution is 5.93. The summed E-state index contributed by atoms with van der Waals surface area (Å²) in [6, 6.07) is 9.50. The monoisotopic (exact) mass is 301 g/mol. The predicted molar refractivity (Wildman–Crippen MR) is 81.7 cm³/mol. The van der Waals surface area contributed by atoms with E-state index in [1.54, 1.807) is 24.9 Å². The first-order valence-electron chi connectivity index (χ1n) is 6.95. The van der Waals surface area contributed by atoms with Gasteiger partial charge in [-0.1, -0.05) is 25.1 Å². The summed E-state index contributed by atoms with van der Waals surface area (Å²) in [5, 5.41) is 0. The zero-order chi connectivity index (χ0) is 16.1. The third kappa shape index (κ3) is 3.33. The van der Waals surface area contributed by atoms with Gasteiger partial charge >= 0.3 is 5.97 Å². The van der Waals surface area contributed by atoms with Crippen LogP contribution < -0.4 is 0 Å². The van der Waals surface area contributed by atoms with E-state index in [9.17, 15) is 9.59 Å². The Morgan fingerprint density at radius 1 is 1.32 bits per heavy atom. The highest BCUT2D eigenvalue weighted by Gasteiger charge is 2.22. The van der Waals surface area contributed by atoms with Gasteiger partial charge in [-0.3, -0.25) is 14.2 Å². The van der Waals surface area contributed by atoms with Gasteiger partial charge in [0.2, 0.25) is 0 Å². The van der Waals surface area contributed by atoms with Crippen molar-refractivity contribution in [3.05, 3.63) is 48.5 Å². The molecule has 6 heteroatoms. The van der Waals surface area contributed by atoms with Crippen molar-refractivity contribution in [3.63, 3.8) is 0 Å². The molecule has 0 saturated carbocycles. The second-order valence-electron chi connectivity index (χ2n) is 5.09. The average Bonchev–Trinajstić information content (AvgIpc) is 3.03. The lowest BCUT2D eigenvalue weighted by molar-refractivity contribution is -0.145. The molecule has 0 saturated heterocycles. The van der Waals surface area contributed by atoms with Crippen molar-refractivity contribution in [3.8, 4) is 5.69 Å². The molecule has 1 aromatic heterocycles. The summed E-state index contributed by atoms with van der Waals surface area (Å²) in [6.45, 7) is 2.01. The number of benzene rings is 1. The molecule has 22 heavy (non-hydrogen) atoms. The van der Waals surface area contributed by atoms with E-state index >= 15 is 0 Å². The Morgan fingerprint density at radius 2 is 2.00 bits per heavy atom. The van der Waals surface area contributed by atoms with Gasteiger partial charge in [-0.2, -0.15) is 0 Å². The number of aromatic nitrogens is 2. The normalized spacial score (nSPS) is 11.8. The Labute approximate surface area is 129 Å². The van der Waals surface area contributed by atoms with Crippen LogP contribution >= 0.6 is 0 Å². The zero-order valence-corrected chi connectivity index (χ0v) is 12.9. The Kier molecular flexibility index (Phi) is 4.93. The van der Waals surface area contributed by atoms with Gasteiger partial charge in [-0.25, -0.2) is 4.98 Å². The summed E-state index contributed by atoms with van der Waals surface area (Å²) < 4.78 is 6.41. The minimum Gasteiger partial charge on any atom is -0.469 e. The van der Waals surface area contributed by atoms with Crippen molar-refractivity contribution >= 4 is 11.9 Å². The van der Waals surface area contributed by atoms with Crippen LogP contribution in [0.15, 0.2) is 42.9 Å². The first-order chi connectivity index (χ1) is 10.5. The number of para-hydroxylation sites is 1. The maximum absolute atomic E-state index is 12.6. The minimum absolute atomic E-state index is 0.197. The Balaban J connectivity index is 2.17. The van der Waals surface area contributed by atoms with Crippen LogP contribution in [0.5, 0.6) is 0 Å². The maximum atomic E-state index is 12.6. The molecule has 1 heterocycles. The fourth-order valence-electron chi connectivity index (χ4n) is 2.21. The summed E-state index contributed by atoms with van der Waals surface area (Å²) in [7, 11) is 3.00. The molecule has 1 amide bonds. The van der Waals surface area contributed by atoms with Crippen LogP contribution in [0, 0.1) is 5.92 Å². The van der Waals surface area contributed by atoms with Gasteiger partial charge in [0.05, 0.1) is 25.6 Å². The van der Waals surface area contributed by atoms with E-state index in [0.29, 0.717) is 5.69 Å². The number of ether oxygens (including phenoxy) is 1. The molecule has 2 rings (SSSR count). The van der Waals surface area contributed by atoms with Gasteiger partial charge < -0.3 is 9.64 Å². The number of hydrogen-bond acceptors (Lipinski definition) is 4.